The molecule has 1 unspecified atom stereocenters. The van der Waals surface area contributed by atoms with Crippen molar-refractivity contribution in [2.75, 3.05) is 13.2 Å². The molecule has 0 saturated carbocycles. The quantitative estimate of drug-likeness (QED) is 0.801. The summed E-state index contributed by atoms with van der Waals surface area (Å²) < 4.78 is 0. The molecule has 94 valence electrons. The molecule has 1 aliphatic heterocycles. The first kappa shape index (κ1) is 13.5. The minimum Gasteiger partial charge on any atom is -0.396 e. The van der Waals surface area contributed by atoms with Crippen LogP contribution in [0.5, 0.6) is 0 Å². The Kier molecular flexibility index (Phi) is 3.68. The van der Waals surface area contributed by atoms with Crippen LogP contribution in [-0.2, 0) is 4.79 Å². The standard InChI is InChI=1S/C13H25NO2/c1-12(2,3)9-13(4,5)14-7-10(8-15)6-11(14)16/h10,15H,6-9H2,1-5H3. The van der Waals surface area contributed by atoms with E-state index >= 15 is 0 Å². The molecular weight excluding hydrogens is 202 g/mol. The van der Waals surface area contributed by atoms with Gasteiger partial charge in [-0.25, -0.2) is 0 Å². The normalized spacial score (nSPS) is 23.0. The third-order valence-corrected chi connectivity index (χ3v) is 3.16. The zero-order chi connectivity index (χ0) is 12.6. The average Bonchev–Trinajstić information content (AvgIpc) is 2.43. The van der Waals surface area contributed by atoms with Gasteiger partial charge in [0, 0.05) is 31.0 Å². The minimum absolute atomic E-state index is 0.112. The van der Waals surface area contributed by atoms with Crippen molar-refractivity contribution in [3.05, 3.63) is 0 Å². The lowest BCUT2D eigenvalue weighted by atomic mass is 9.81. The summed E-state index contributed by atoms with van der Waals surface area (Å²) in [6.07, 6.45) is 1.48. The van der Waals surface area contributed by atoms with Crippen molar-refractivity contribution >= 4 is 5.91 Å². The van der Waals surface area contributed by atoms with E-state index in [0.717, 1.165) is 6.42 Å². The Morgan fingerprint density at radius 1 is 1.31 bits per heavy atom. The second kappa shape index (κ2) is 4.36. The van der Waals surface area contributed by atoms with Crippen LogP contribution >= 0.6 is 0 Å². The topological polar surface area (TPSA) is 40.5 Å². The number of aliphatic hydroxyl groups is 1. The lowest BCUT2D eigenvalue weighted by Crippen LogP contribution is -2.47. The highest BCUT2D eigenvalue weighted by Gasteiger charge is 2.40. The number of hydrogen-bond acceptors (Lipinski definition) is 2. The Morgan fingerprint density at radius 3 is 2.25 bits per heavy atom. The maximum absolute atomic E-state index is 11.9. The predicted molar refractivity (Wildman–Crippen MR) is 65.1 cm³/mol. The van der Waals surface area contributed by atoms with Gasteiger partial charge in [0.15, 0.2) is 0 Å². The van der Waals surface area contributed by atoms with Gasteiger partial charge in [0.05, 0.1) is 0 Å². The second-order valence-corrected chi connectivity index (χ2v) is 6.81. The highest BCUT2D eigenvalue weighted by atomic mass is 16.3. The van der Waals surface area contributed by atoms with Crippen LogP contribution in [-0.4, -0.2) is 34.6 Å². The van der Waals surface area contributed by atoms with Crippen LogP contribution in [0.1, 0.15) is 47.5 Å². The molecule has 0 aromatic heterocycles. The van der Waals surface area contributed by atoms with Gasteiger partial charge in [-0.05, 0) is 25.7 Å². The molecule has 3 heteroatoms. The van der Waals surface area contributed by atoms with Crippen LogP contribution < -0.4 is 0 Å². The molecule has 0 radical (unpaired) electrons. The molecule has 3 nitrogen and oxygen atoms in total. The summed E-state index contributed by atoms with van der Waals surface area (Å²) in [5.41, 5.74) is 0.0976. The van der Waals surface area contributed by atoms with Gasteiger partial charge in [-0.2, -0.15) is 0 Å². The molecule has 0 aromatic carbocycles. The van der Waals surface area contributed by atoms with Crippen molar-refractivity contribution in [2.45, 2.75) is 53.0 Å². The van der Waals surface area contributed by atoms with Crippen LogP contribution in [0, 0.1) is 11.3 Å². The Hall–Kier alpha value is -0.570. The van der Waals surface area contributed by atoms with Gasteiger partial charge in [-0.1, -0.05) is 20.8 Å². The van der Waals surface area contributed by atoms with E-state index in [1.807, 2.05) is 4.90 Å². The van der Waals surface area contributed by atoms with E-state index in [-0.39, 0.29) is 29.4 Å². The van der Waals surface area contributed by atoms with Crippen LogP contribution in [0.2, 0.25) is 0 Å². The third-order valence-electron chi connectivity index (χ3n) is 3.16. The smallest absolute Gasteiger partial charge is 0.223 e. The minimum atomic E-state index is -0.112. The highest BCUT2D eigenvalue weighted by molar-refractivity contribution is 5.79. The lowest BCUT2D eigenvalue weighted by molar-refractivity contribution is -0.133. The maximum atomic E-state index is 11.9. The van der Waals surface area contributed by atoms with Crippen LogP contribution in [0.25, 0.3) is 0 Å². The largest absolute Gasteiger partial charge is 0.396 e. The van der Waals surface area contributed by atoms with Gasteiger partial charge in [0.1, 0.15) is 0 Å². The van der Waals surface area contributed by atoms with Crippen LogP contribution in [0.4, 0.5) is 0 Å². The molecular formula is C13H25NO2. The van der Waals surface area contributed by atoms with Gasteiger partial charge in [0.25, 0.3) is 0 Å². The van der Waals surface area contributed by atoms with Gasteiger partial charge in [-0.3, -0.25) is 4.79 Å². The zero-order valence-corrected chi connectivity index (χ0v) is 11.2. The number of carbonyl (C=O) groups is 1. The molecule has 1 N–H and O–H groups in total. The van der Waals surface area contributed by atoms with Gasteiger partial charge >= 0.3 is 0 Å². The molecule has 1 amide bonds. The summed E-state index contributed by atoms with van der Waals surface area (Å²) in [4.78, 5) is 13.8. The Balaban J connectivity index is 2.73. The summed E-state index contributed by atoms with van der Waals surface area (Å²) in [6.45, 7) is 11.6. The fourth-order valence-electron chi connectivity index (χ4n) is 2.88. The molecule has 16 heavy (non-hydrogen) atoms. The fraction of sp³-hybridized carbons (Fsp3) is 0.923. The number of hydrogen-bond donors (Lipinski definition) is 1. The van der Waals surface area contributed by atoms with E-state index in [4.69, 9.17) is 5.11 Å². The van der Waals surface area contributed by atoms with Gasteiger partial charge < -0.3 is 10.0 Å². The molecule has 1 atom stereocenters. The van der Waals surface area contributed by atoms with Gasteiger partial charge in [0.2, 0.25) is 5.91 Å². The molecule has 0 spiro atoms. The first-order valence-electron chi connectivity index (χ1n) is 6.07. The van der Waals surface area contributed by atoms with Crippen molar-refractivity contribution in [1.82, 2.24) is 4.90 Å². The van der Waals surface area contributed by atoms with E-state index in [2.05, 4.69) is 34.6 Å². The molecule has 1 aliphatic rings. The highest BCUT2D eigenvalue weighted by Crippen LogP contribution is 2.34. The number of amides is 1. The third kappa shape index (κ3) is 3.21. The molecule has 0 bridgehead atoms. The number of rotatable bonds is 3. The summed E-state index contributed by atoms with van der Waals surface area (Å²) in [7, 11) is 0. The Bertz CT molecular complexity index is 266. The van der Waals surface area contributed by atoms with Crippen molar-refractivity contribution in [1.29, 1.82) is 0 Å². The Morgan fingerprint density at radius 2 is 1.88 bits per heavy atom. The molecule has 0 aliphatic carbocycles. The number of nitrogens with zero attached hydrogens (tertiary/aromatic N) is 1. The predicted octanol–water partition coefficient (Wildman–Crippen LogP) is 2.04. The first-order valence-corrected chi connectivity index (χ1v) is 6.07. The zero-order valence-electron chi connectivity index (χ0n) is 11.2. The Labute approximate surface area is 98.8 Å². The monoisotopic (exact) mass is 227 g/mol. The van der Waals surface area contributed by atoms with Crippen molar-refractivity contribution in [3.8, 4) is 0 Å². The molecule has 1 fully saturated rings. The van der Waals surface area contributed by atoms with Crippen molar-refractivity contribution in [3.63, 3.8) is 0 Å². The average molecular weight is 227 g/mol. The van der Waals surface area contributed by atoms with E-state index in [0.29, 0.717) is 13.0 Å². The molecule has 1 heterocycles. The number of carbonyl (C=O) groups excluding carboxylic acids is 1. The maximum Gasteiger partial charge on any atom is 0.223 e. The summed E-state index contributed by atoms with van der Waals surface area (Å²) in [5, 5.41) is 9.12. The second-order valence-electron chi connectivity index (χ2n) is 6.81. The van der Waals surface area contributed by atoms with E-state index < -0.39 is 0 Å². The molecule has 0 aromatic rings. The SMILES string of the molecule is CC(C)(C)CC(C)(C)N1CC(CO)CC1=O. The fourth-order valence-corrected chi connectivity index (χ4v) is 2.88. The number of likely N-dealkylation sites (tertiary alicyclic amines) is 1. The molecule has 1 saturated heterocycles. The van der Waals surface area contributed by atoms with E-state index in [1.54, 1.807) is 0 Å². The summed E-state index contributed by atoms with van der Waals surface area (Å²) in [6, 6.07) is 0. The number of aliphatic hydroxyl groups excluding tert-OH is 1. The summed E-state index contributed by atoms with van der Waals surface area (Å²) >= 11 is 0. The summed E-state index contributed by atoms with van der Waals surface area (Å²) in [5.74, 6) is 0.319. The van der Waals surface area contributed by atoms with Crippen molar-refractivity contribution in [2.24, 2.45) is 11.3 Å². The van der Waals surface area contributed by atoms with Crippen LogP contribution in [0.15, 0.2) is 0 Å². The molecule has 1 rings (SSSR count). The van der Waals surface area contributed by atoms with Crippen LogP contribution in [0.3, 0.4) is 0 Å². The van der Waals surface area contributed by atoms with E-state index in [9.17, 15) is 4.79 Å². The first-order chi connectivity index (χ1) is 7.15. The van der Waals surface area contributed by atoms with E-state index in [1.165, 1.54) is 0 Å². The van der Waals surface area contributed by atoms with Gasteiger partial charge in [-0.15, -0.1) is 0 Å². The lowest BCUT2D eigenvalue weighted by Gasteiger charge is -2.40. The van der Waals surface area contributed by atoms with Crippen molar-refractivity contribution < 1.29 is 9.90 Å².